The summed E-state index contributed by atoms with van der Waals surface area (Å²) in [7, 11) is 3.01. The molecule has 6 heterocycles. The molecule has 0 saturated carbocycles. The number of aliphatic imine (C=N–C) groups is 2. The van der Waals surface area contributed by atoms with Crippen LogP contribution in [0.25, 0.3) is 0 Å². The monoisotopic (exact) mass is 1180 g/mol. The van der Waals surface area contributed by atoms with Crippen LogP contribution in [0, 0.1) is 11.8 Å². The molecule has 0 fully saturated rings. The zero-order valence-corrected chi connectivity index (χ0v) is 49.0. The fourth-order valence-electron chi connectivity index (χ4n) is 11.5. The molecule has 5 aromatic rings. The number of nitrogens with two attached hydrogens (primary N) is 1. The normalized spacial score (nSPS) is 17.0. The number of amides is 8. The lowest BCUT2D eigenvalue weighted by molar-refractivity contribution is -0.137. The maximum Gasteiger partial charge on any atom is 0.312 e. The summed E-state index contributed by atoms with van der Waals surface area (Å²) in [6.45, 7) is 4.90. The number of urea groups is 1. The molecule has 4 aromatic carbocycles. The molecule has 5 aliphatic rings. The predicted octanol–water partition coefficient (Wildman–Crippen LogP) is 7.41. The fourth-order valence-corrected chi connectivity index (χ4v) is 11.5. The van der Waals surface area contributed by atoms with Gasteiger partial charge in [-0.15, -0.1) is 0 Å². The Morgan fingerprint density at radius 2 is 1.24 bits per heavy atom. The first kappa shape index (κ1) is 60.4. The third-order valence-corrected chi connectivity index (χ3v) is 16.3. The van der Waals surface area contributed by atoms with E-state index in [1.807, 2.05) is 61.4 Å². The molecule has 0 spiro atoms. The molecule has 5 aliphatic heterocycles. The molecular weight excluding hydrogens is 1110 g/mol. The molecule has 10 rings (SSSR count). The van der Waals surface area contributed by atoms with E-state index < -0.39 is 35.8 Å². The number of aromatic nitrogens is 1. The van der Waals surface area contributed by atoms with Crippen molar-refractivity contribution in [2.45, 2.75) is 116 Å². The number of rotatable bonds is 25. The maximum absolute atomic E-state index is 14.5. The van der Waals surface area contributed by atoms with Crippen molar-refractivity contribution in [1.29, 1.82) is 0 Å². The van der Waals surface area contributed by atoms with Gasteiger partial charge in [0.25, 0.3) is 23.6 Å². The number of nitrogens with one attached hydrogen (secondary N) is 3. The number of fused-ring (bicyclic) bond motifs is 6. The average Bonchev–Trinajstić information content (AvgIpc) is 2.82. The number of unbranched alkanes of at least 4 members (excludes halogenated alkanes) is 2. The standard InChI is InChI=1S/C65H70N10O12/c1-38(2)49(27-48(76)16-6-5-9-23-73-59(77)20-21-60(73)78)61(79)72-52(17-11-22-67-65(66)83)62(80)71-43-19-18-40-26-47-33-69-54-31-58(56(85-4)29-51(54)64(82)75(47)35-42(40)24-43)87-37-45-15-10-14-44(70-45)36-86-57-30-53-50(28-55(57)84-3)63(81)74-34-41-13-8-7-12-39(41)25-46(74)32-68-53/h7-8,10,12-15,18-21,24,28-33,38,46-47,49,52H,5-6,9,11,16-17,22-23,25-27,34-37H2,1-4H3,(H,71,80)(H,72,79)(H3,66,67,83)/t46-,47?,49-,52-/m0/s1. The number of ketones is 1. The summed E-state index contributed by atoms with van der Waals surface area (Å²) in [4.78, 5) is 124. The largest absolute Gasteiger partial charge is 0.493 e. The van der Waals surface area contributed by atoms with Crippen molar-refractivity contribution in [2.75, 3.05) is 32.6 Å². The Morgan fingerprint density at radius 1 is 0.655 bits per heavy atom. The van der Waals surface area contributed by atoms with E-state index in [4.69, 9.17) is 39.6 Å². The summed E-state index contributed by atoms with van der Waals surface area (Å²) >= 11 is 0. The quantitative estimate of drug-likeness (QED) is 0.0328. The maximum atomic E-state index is 14.5. The molecule has 1 aromatic heterocycles. The number of ether oxygens (including phenoxy) is 4. The van der Waals surface area contributed by atoms with Crippen molar-refractivity contribution in [3.63, 3.8) is 0 Å². The minimum atomic E-state index is -1.05. The van der Waals surface area contributed by atoms with E-state index >= 15 is 0 Å². The summed E-state index contributed by atoms with van der Waals surface area (Å²) in [6, 6.07) is 23.4. The van der Waals surface area contributed by atoms with E-state index in [0.717, 1.165) is 21.6 Å². The van der Waals surface area contributed by atoms with Gasteiger partial charge in [-0.1, -0.05) is 56.7 Å². The topological polar surface area (TPSA) is 283 Å². The zero-order chi connectivity index (χ0) is 61.3. The lowest BCUT2D eigenvalue weighted by Crippen LogP contribution is -2.47. The predicted molar refractivity (Wildman–Crippen MR) is 322 cm³/mol. The molecule has 0 bridgehead atoms. The van der Waals surface area contributed by atoms with Crippen LogP contribution in [0.1, 0.15) is 113 Å². The molecule has 0 radical (unpaired) electrons. The second-order valence-corrected chi connectivity index (χ2v) is 22.5. The van der Waals surface area contributed by atoms with Gasteiger partial charge in [0.05, 0.1) is 60.2 Å². The van der Waals surface area contributed by atoms with Crippen molar-refractivity contribution in [2.24, 2.45) is 27.6 Å². The van der Waals surface area contributed by atoms with Gasteiger partial charge in [-0.05, 0) is 103 Å². The second kappa shape index (κ2) is 27.1. The van der Waals surface area contributed by atoms with E-state index in [0.29, 0.717) is 108 Å². The van der Waals surface area contributed by atoms with Crippen molar-refractivity contribution in [3.05, 3.63) is 142 Å². The van der Waals surface area contributed by atoms with E-state index in [1.54, 1.807) is 47.5 Å². The molecule has 22 heteroatoms. The number of Topliss-reactive ketones (excluding diaryl/α,β-unsaturated/α-hetero) is 1. The first-order valence-corrected chi connectivity index (χ1v) is 29.3. The number of imide groups is 1. The minimum Gasteiger partial charge on any atom is -0.493 e. The summed E-state index contributed by atoms with van der Waals surface area (Å²) in [6.07, 6.45) is 9.48. The number of benzene rings is 4. The molecule has 1 unspecified atom stereocenters. The highest BCUT2D eigenvalue weighted by Crippen LogP contribution is 2.41. The van der Waals surface area contributed by atoms with Crippen LogP contribution < -0.4 is 40.6 Å². The Hall–Kier alpha value is -9.73. The van der Waals surface area contributed by atoms with Gasteiger partial charge in [0, 0.05) is 87.3 Å². The SMILES string of the molecule is COc1cc2c(cc1OCc1cccc(COc3cc4c(cc3OC)C(=O)N3Cc5ccccc5C[C@H]3C=N4)n1)N=CC1Cc3ccc(NC(=O)[C@H](CCCNC(N)=O)NC(=O)[C@@H](CC(=O)CCCCCN4C(=O)C=CC4=O)C(C)C)cc3CN1C2=O. The van der Waals surface area contributed by atoms with Crippen LogP contribution in [0.2, 0.25) is 0 Å². The van der Waals surface area contributed by atoms with Crippen molar-refractivity contribution in [1.82, 2.24) is 30.3 Å². The molecule has 5 N–H and O–H groups in total. The summed E-state index contributed by atoms with van der Waals surface area (Å²) in [5.41, 5.74) is 12.6. The summed E-state index contributed by atoms with van der Waals surface area (Å²) < 4.78 is 24.1. The van der Waals surface area contributed by atoms with Gasteiger partial charge in [0.15, 0.2) is 23.0 Å². The number of primary amides is 1. The lowest BCUT2D eigenvalue weighted by atomic mass is 9.88. The zero-order valence-electron chi connectivity index (χ0n) is 49.0. The molecule has 8 amide bonds. The number of hydrogen-bond acceptors (Lipinski definition) is 15. The molecule has 0 saturated heterocycles. The van der Waals surface area contributed by atoms with Crippen LogP contribution in [0.4, 0.5) is 21.9 Å². The van der Waals surface area contributed by atoms with Gasteiger partial charge in [-0.2, -0.15) is 0 Å². The fraction of sp³-hybridized carbons (Fsp3) is 0.369. The Kier molecular flexibility index (Phi) is 18.8. The van der Waals surface area contributed by atoms with Crippen LogP contribution in [0.3, 0.4) is 0 Å². The van der Waals surface area contributed by atoms with Gasteiger partial charge < -0.3 is 50.4 Å². The van der Waals surface area contributed by atoms with Gasteiger partial charge in [-0.3, -0.25) is 53.4 Å². The number of methoxy groups -OCH3 is 2. The molecule has 22 nitrogen and oxygen atoms in total. The number of nitrogens with zero attached hydrogens (tertiary/aromatic N) is 6. The van der Waals surface area contributed by atoms with Gasteiger partial charge >= 0.3 is 6.03 Å². The van der Waals surface area contributed by atoms with Gasteiger partial charge in [0.1, 0.15) is 25.0 Å². The Balaban J connectivity index is 0.754. The van der Waals surface area contributed by atoms with Gasteiger partial charge in [0.2, 0.25) is 11.8 Å². The van der Waals surface area contributed by atoms with Crippen LogP contribution in [-0.4, -0.2) is 125 Å². The second-order valence-electron chi connectivity index (χ2n) is 22.5. The van der Waals surface area contributed by atoms with Crippen LogP contribution in [0.5, 0.6) is 23.0 Å². The number of anilines is 1. The Labute approximate surface area is 503 Å². The molecule has 452 valence electrons. The van der Waals surface area contributed by atoms with Crippen LogP contribution in [0.15, 0.2) is 107 Å². The Bertz CT molecular complexity index is 3600. The van der Waals surface area contributed by atoms with E-state index in [2.05, 4.69) is 28.1 Å². The third kappa shape index (κ3) is 14.2. The van der Waals surface area contributed by atoms with Crippen molar-refractivity contribution >= 4 is 76.7 Å². The van der Waals surface area contributed by atoms with E-state index in [9.17, 15) is 38.4 Å². The molecule has 87 heavy (non-hydrogen) atoms. The minimum absolute atomic E-state index is 0.0357. The highest BCUT2D eigenvalue weighted by Gasteiger charge is 2.36. The number of hydrogen-bond donors (Lipinski definition) is 4. The van der Waals surface area contributed by atoms with Crippen LogP contribution in [-0.2, 0) is 63.1 Å². The number of carbonyl (C=O) groups is 8. The molecule has 0 aliphatic carbocycles. The van der Waals surface area contributed by atoms with Crippen molar-refractivity contribution < 1.29 is 57.3 Å². The molecular formula is C65H70N10O12. The van der Waals surface area contributed by atoms with Crippen LogP contribution >= 0.6 is 0 Å². The van der Waals surface area contributed by atoms with E-state index in [-0.39, 0.29) is 93.5 Å². The average molecular weight is 1180 g/mol. The highest BCUT2D eigenvalue weighted by atomic mass is 16.5. The highest BCUT2D eigenvalue weighted by molar-refractivity contribution is 6.13. The smallest absolute Gasteiger partial charge is 0.312 e. The lowest BCUT2D eigenvalue weighted by Gasteiger charge is -2.34. The molecule has 4 atom stereocenters. The number of pyridine rings is 1. The first-order valence-electron chi connectivity index (χ1n) is 29.3. The van der Waals surface area contributed by atoms with Gasteiger partial charge in [-0.25, -0.2) is 4.79 Å². The summed E-state index contributed by atoms with van der Waals surface area (Å²) in [5.74, 6) is -1.72. The Morgan fingerprint density at radius 3 is 1.83 bits per heavy atom. The first-order chi connectivity index (χ1) is 42.0. The third-order valence-electron chi connectivity index (χ3n) is 16.3. The number of carbonyl (C=O) groups excluding carboxylic acids is 8. The van der Waals surface area contributed by atoms with E-state index in [1.165, 1.54) is 31.9 Å². The summed E-state index contributed by atoms with van der Waals surface area (Å²) in [5, 5.41) is 8.34. The van der Waals surface area contributed by atoms with Crippen molar-refractivity contribution in [3.8, 4) is 23.0 Å².